The van der Waals surface area contributed by atoms with Gasteiger partial charge < -0.3 is 10.8 Å². The molecule has 1 amide bonds. The summed E-state index contributed by atoms with van der Waals surface area (Å²) >= 11 is 0. The molecule has 0 atom stereocenters. The van der Waals surface area contributed by atoms with Gasteiger partial charge in [-0.05, 0) is 30.5 Å². The van der Waals surface area contributed by atoms with E-state index in [1.807, 2.05) is 0 Å². The molecule has 0 spiro atoms. The molecular weight excluding hydrogens is 296 g/mol. The van der Waals surface area contributed by atoms with Crippen LogP contribution in [0.1, 0.15) is 18.4 Å². The average molecular weight is 312 g/mol. The second kappa shape index (κ2) is 5.12. The topological polar surface area (TPSA) is 118 Å². The molecule has 21 heavy (non-hydrogen) atoms. The number of rotatable bonds is 6. The molecule has 1 fully saturated rings. The van der Waals surface area contributed by atoms with Gasteiger partial charge in [-0.25, -0.2) is 8.42 Å². The van der Waals surface area contributed by atoms with E-state index < -0.39 is 33.9 Å². The number of aliphatic carboxylic acids is 1. The summed E-state index contributed by atoms with van der Waals surface area (Å²) < 4.78 is 25.2. The van der Waals surface area contributed by atoms with Crippen LogP contribution in [0.4, 0.5) is 0 Å². The third kappa shape index (κ3) is 2.77. The molecule has 0 radical (unpaired) electrons. The molecule has 0 saturated heterocycles. The van der Waals surface area contributed by atoms with Crippen LogP contribution in [0.3, 0.4) is 0 Å². The largest absolute Gasteiger partial charge is 0.481 e. The fourth-order valence-corrected chi connectivity index (χ4v) is 3.32. The predicted octanol–water partition coefficient (Wildman–Crippen LogP) is -0.0914. The number of sulfonamides is 1. The number of hydrogen-bond acceptors (Lipinski definition) is 4. The van der Waals surface area contributed by atoms with Gasteiger partial charge in [-0.2, -0.15) is 4.31 Å². The van der Waals surface area contributed by atoms with Gasteiger partial charge in [0.05, 0.1) is 16.9 Å². The molecule has 0 aliphatic heterocycles. The molecule has 2 rings (SSSR count). The third-order valence-corrected chi connectivity index (χ3v) is 5.47. The number of nitrogens with two attached hydrogens (primary N) is 1. The number of carbonyl (C=O) groups excluding carboxylic acids is 1. The first kappa shape index (κ1) is 15.5. The lowest BCUT2D eigenvalue weighted by molar-refractivity contribution is -0.140. The van der Waals surface area contributed by atoms with Crippen LogP contribution >= 0.6 is 0 Å². The second-order valence-electron chi connectivity index (χ2n) is 5.14. The summed E-state index contributed by atoms with van der Waals surface area (Å²) in [5, 5.41) is 9.20. The van der Waals surface area contributed by atoms with Gasteiger partial charge in [0, 0.05) is 7.05 Å². The van der Waals surface area contributed by atoms with Gasteiger partial charge in [0.15, 0.2) is 0 Å². The van der Waals surface area contributed by atoms with Gasteiger partial charge >= 0.3 is 5.97 Å². The fraction of sp³-hybridized carbons (Fsp3) is 0.385. The van der Waals surface area contributed by atoms with Crippen LogP contribution in [0.2, 0.25) is 0 Å². The van der Waals surface area contributed by atoms with Crippen molar-refractivity contribution in [1.82, 2.24) is 4.31 Å². The highest BCUT2D eigenvalue weighted by atomic mass is 32.2. The number of nitrogens with zero attached hydrogens (tertiary/aromatic N) is 1. The number of carbonyl (C=O) groups is 2. The molecule has 0 unspecified atom stereocenters. The van der Waals surface area contributed by atoms with Gasteiger partial charge in [-0.3, -0.25) is 9.59 Å². The van der Waals surface area contributed by atoms with Crippen LogP contribution < -0.4 is 5.73 Å². The Morgan fingerprint density at radius 1 is 1.29 bits per heavy atom. The van der Waals surface area contributed by atoms with E-state index in [0.29, 0.717) is 18.4 Å². The van der Waals surface area contributed by atoms with Crippen LogP contribution in [-0.2, 0) is 25.0 Å². The Hall–Kier alpha value is -1.93. The first-order chi connectivity index (χ1) is 9.70. The highest BCUT2D eigenvalue weighted by Crippen LogP contribution is 2.48. The Kier molecular flexibility index (Phi) is 3.77. The molecule has 8 heteroatoms. The van der Waals surface area contributed by atoms with Crippen molar-refractivity contribution in [3.63, 3.8) is 0 Å². The van der Waals surface area contributed by atoms with Crippen molar-refractivity contribution in [2.24, 2.45) is 5.73 Å². The molecule has 1 aromatic rings. The normalized spacial score (nSPS) is 16.7. The van der Waals surface area contributed by atoms with E-state index >= 15 is 0 Å². The lowest BCUT2D eigenvalue weighted by Gasteiger charge is -2.16. The Balaban J connectivity index is 2.27. The van der Waals surface area contributed by atoms with Crippen LogP contribution in [0, 0.1) is 0 Å². The number of primary amides is 1. The zero-order valence-electron chi connectivity index (χ0n) is 11.4. The minimum absolute atomic E-state index is 0.00353. The van der Waals surface area contributed by atoms with Gasteiger partial charge in [0.25, 0.3) is 0 Å². The summed E-state index contributed by atoms with van der Waals surface area (Å²) in [6, 6.07) is 5.72. The summed E-state index contributed by atoms with van der Waals surface area (Å²) in [6.45, 7) is -0.414. The van der Waals surface area contributed by atoms with Crippen molar-refractivity contribution in [1.29, 1.82) is 0 Å². The Labute approximate surface area is 122 Å². The van der Waals surface area contributed by atoms with E-state index in [0.717, 1.165) is 4.31 Å². The van der Waals surface area contributed by atoms with Crippen molar-refractivity contribution in [3.8, 4) is 0 Å². The maximum atomic E-state index is 12.2. The number of amides is 1. The summed E-state index contributed by atoms with van der Waals surface area (Å²) in [7, 11) is -2.55. The minimum Gasteiger partial charge on any atom is -0.481 e. The Morgan fingerprint density at radius 3 is 2.19 bits per heavy atom. The van der Waals surface area contributed by atoms with Crippen LogP contribution in [0.5, 0.6) is 0 Å². The van der Waals surface area contributed by atoms with Crippen LogP contribution in [0.25, 0.3) is 0 Å². The summed E-state index contributed by atoms with van der Waals surface area (Å²) in [5.74, 6) is -1.65. The van der Waals surface area contributed by atoms with Crippen LogP contribution in [-0.4, -0.2) is 43.3 Å². The minimum atomic E-state index is -3.81. The third-order valence-electron chi connectivity index (χ3n) is 3.65. The van der Waals surface area contributed by atoms with Crippen molar-refractivity contribution in [2.45, 2.75) is 23.2 Å². The van der Waals surface area contributed by atoms with Crippen LogP contribution in [0.15, 0.2) is 29.2 Å². The number of hydrogen-bond donors (Lipinski definition) is 2. The summed E-state index contributed by atoms with van der Waals surface area (Å²) in [4.78, 5) is 22.0. The first-order valence-electron chi connectivity index (χ1n) is 6.29. The van der Waals surface area contributed by atoms with Crippen molar-refractivity contribution >= 4 is 21.9 Å². The molecule has 1 aromatic carbocycles. The molecule has 0 heterocycles. The summed E-state index contributed by atoms with van der Waals surface area (Å²) in [5.41, 5.74) is 4.70. The Morgan fingerprint density at radius 2 is 1.81 bits per heavy atom. The maximum absolute atomic E-state index is 12.2. The van der Waals surface area contributed by atoms with E-state index in [9.17, 15) is 23.1 Å². The highest BCUT2D eigenvalue weighted by Gasteiger charge is 2.51. The maximum Gasteiger partial charge on any atom is 0.314 e. The van der Waals surface area contributed by atoms with Gasteiger partial charge in [0.1, 0.15) is 0 Å². The quantitative estimate of drug-likeness (QED) is 0.761. The molecule has 1 aliphatic rings. The average Bonchev–Trinajstić information content (AvgIpc) is 3.19. The van der Waals surface area contributed by atoms with Crippen molar-refractivity contribution in [2.75, 3.05) is 13.6 Å². The second-order valence-corrected chi connectivity index (χ2v) is 7.18. The molecule has 7 nitrogen and oxygen atoms in total. The first-order valence-corrected chi connectivity index (χ1v) is 7.73. The molecule has 3 N–H and O–H groups in total. The highest BCUT2D eigenvalue weighted by molar-refractivity contribution is 7.89. The van der Waals surface area contributed by atoms with E-state index in [1.165, 1.54) is 31.3 Å². The van der Waals surface area contributed by atoms with E-state index in [4.69, 9.17) is 5.73 Å². The number of benzene rings is 1. The van der Waals surface area contributed by atoms with Gasteiger partial charge in [0.2, 0.25) is 15.9 Å². The number of likely N-dealkylation sites (N-methyl/N-ethyl adjacent to an activating group) is 1. The lowest BCUT2D eigenvalue weighted by atomic mass is 9.96. The molecule has 0 aromatic heterocycles. The van der Waals surface area contributed by atoms with Gasteiger partial charge in [-0.15, -0.1) is 0 Å². The van der Waals surface area contributed by atoms with Gasteiger partial charge in [-0.1, -0.05) is 12.1 Å². The van der Waals surface area contributed by atoms with E-state index in [1.54, 1.807) is 0 Å². The number of carboxylic acids is 1. The predicted molar refractivity (Wildman–Crippen MR) is 74.0 cm³/mol. The van der Waals surface area contributed by atoms with Crippen molar-refractivity contribution in [3.05, 3.63) is 29.8 Å². The standard InChI is InChI=1S/C13H16N2O5S/c1-15(8-11(14)16)21(19,20)10-4-2-9(3-5-10)13(6-7-13)12(17)18/h2-5H,6-8H2,1H3,(H2,14,16)(H,17,18). The SMILES string of the molecule is CN(CC(N)=O)S(=O)(=O)c1ccc(C2(C(=O)O)CC2)cc1. The number of carboxylic acid groups (broad SMARTS) is 1. The smallest absolute Gasteiger partial charge is 0.314 e. The molecular formula is C13H16N2O5S. The zero-order valence-corrected chi connectivity index (χ0v) is 12.3. The lowest BCUT2D eigenvalue weighted by Crippen LogP contribution is -2.35. The molecule has 0 bridgehead atoms. The van der Waals surface area contributed by atoms with Crippen molar-refractivity contribution < 1.29 is 23.1 Å². The molecule has 1 aliphatic carbocycles. The summed E-state index contributed by atoms with van der Waals surface area (Å²) in [6.07, 6.45) is 1.10. The molecule has 1 saturated carbocycles. The fourth-order valence-electron chi connectivity index (χ4n) is 2.18. The van der Waals surface area contributed by atoms with E-state index in [2.05, 4.69) is 0 Å². The zero-order chi connectivity index (χ0) is 15.8. The molecule has 114 valence electrons. The monoisotopic (exact) mass is 312 g/mol. The Bertz CT molecular complexity index is 677. The van der Waals surface area contributed by atoms with E-state index in [-0.39, 0.29) is 4.90 Å².